The predicted molar refractivity (Wildman–Crippen MR) is 99.7 cm³/mol. The molecular formula is C20H17F3N4O. The Morgan fingerprint density at radius 2 is 2.11 bits per heavy atom. The molecule has 0 atom stereocenters. The Morgan fingerprint density at radius 3 is 2.68 bits per heavy atom. The Morgan fingerprint density at radius 1 is 1.32 bits per heavy atom. The summed E-state index contributed by atoms with van der Waals surface area (Å²) in [6, 6.07) is 5.57. The second-order valence-electron chi connectivity index (χ2n) is 6.71. The van der Waals surface area contributed by atoms with E-state index in [1.54, 1.807) is 29.4 Å². The van der Waals surface area contributed by atoms with Gasteiger partial charge in [-0.1, -0.05) is 5.92 Å². The van der Waals surface area contributed by atoms with Crippen LogP contribution in [-0.4, -0.2) is 30.1 Å². The smallest absolute Gasteiger partial charge is 0.416 e. The van der Waals surface area contributed by atoms with Crippen molar-refractivity contribution >= 4 is 17.2 Å². The molecule has 1 N–H and O–H groups in total. The first-order chi connectivity index (χ1) is 13.4. The first-order valence-electron chi connectivity index (χ1n) is 8.64. The van der Waals surface area contributed by atoms with Gasteiger partial charge in [-0.25, -0.2) is 4.99 Å². The number of methoxy groups -OCH3 is 1. The zero-order valence-electron chi connectivity index (χ0n) is 15.0. The standard InChI is InChI=1S/C20H17F3N4O/c1-3-19(6-7-19)26-18-17-15(9-13(20(21,22)23)10-16(17)28-2)27(12-25-18)14-5-4-8-24-11-14/h1,4-5,8-11H,6-7,12H2,2H3,(H,25,26). The molecule has 4 rings (SSSR count). The van der Waals surface area contributed by atoms with E-state index in [4.69, 9.17) is 11.2 Å². The maximum absolute atomic E-state index is 13.5. The van der Waals surface area contributed by atoms with Crippen LogP contribution in [-0.2, 0) is 6.18 Å². The van der Waals surface area contributed by atoms with Gasteiger partial charge in [0, 0.05) is 6.20 Å². The Kier molecular flexibility index (Phi) is 4.18. The molecule has 144 valence electrons. The molecule has 8 heteroatoms. The van der Waals surface area contributed by atoms with E-state index in [1.807, 2.05) is 0 Å². The number of rotatable bonds is 3. The lowest BCUT2D eigenvalue weighted by Gasteiger charge is -2.32. The van der Waals surface area contributed by atoms with Crippen molar-refractivity contribution in [3.8, 4) is 18.1 Å². The summed E-state index contributed by atoms with van der Waals surface area (Å²) in [5, 5.41) is 3.23. The summed E-state index contributed by atoms with van der Waals surface area (Å²) in [7, 11) is 1.34. The zero-order chi connectivity index (χ0) is 19.9. The summed E-state index contributed by atoms with van der Waals surface area (Å²) in [4.78, 5) is 10.3. The van der Waals surface area contributed by atoms with Crippen LogP contribution < -0.4 is 15.0 Å². The van der Waals surface area contributed by atoms with E-state index < -0.39 is 17.3 Å². The number of terminal acetylenes is 1. The van der Waals surface area contributed by atoms with Crippen LogP contribution >= 0.6 is 0 Å². The van der Waals surface area contributed by atoms with Gasteiger partial charge in [0.05, 0.1) is 41.3 Å². The largest absolute Gasteiger partial charge is 0.496 e. The minimum Gasteiger partial charge on any atom is -0.496 e. The van der Waals surface area contributed by atoms with Gasteiger partial charge < -0.3 is 15.0 Å². The summed E-state index contributed by atoms with van der Waals surface area (Å²) in [6.45, 7) is 0.131. The number of fused-ring (bicyclic) bond motifs is 1. The van der Waals surface area contributed by atoms with Crippen LogP contribution in [0.15, 0.2) is 41.7 Å². The number of amidine groups is 1. The highest BCUT2D eigenvalue weighted by atomic mass is 19.4. The predicted octanol–water partition coefficient (Wildman–Crippen LogP) is 3.72. The average Bonchev–Trinajstić information content (AvgIpc) is 3.47. The number of ether oxygens (including phenoxy) is 1. The number of alkyl halides is 3. The van der Waals surface area contributed by atoms with E-state index in [0.717, 1.165) is 25.0 Å². The fourth-order valence-corrected chi connectivity index (χ4v) is 3.17. The van der Waals surface area contributed by atoms with Crippen molar-refractivity contribution in [2.75, 3.05) is 18.7 Å². The number of nitrogens with zero attached hydrogens (tertiary/aromatic N) is 3. The highest BCUT2D eigenvalue weighted by Crippen LogP contribution is 2.43. The normalized spacial score (nSPS) is 17.2. The number of hydrogen-bond acceptors (Lipinski definition) is 5. The molecule has 28 heavy (non-hydrogen) atoms. The van der Waals surface area contributed by atoms with Gasteiger partial charge >= 0.3 is 6.18 Å². The second-order valence-corrected chi connectivity index (χ2v) is 6.71. The number of hydrogen-bond donors (Lipinski definition) is 1. The third kappa shape index (κ3) is 3.13. The molecule has 1 aromatic carbocycles. The molecule has 2 aliphatic rings. The highest BCUT2D eigenvalue weighted by Gasteiger charge is 2.43. The SMILES string of the molecule is C#CC1(NC2=NCN(c3cccnc3)c3cc(C(F)(F)F)cc(OC)c32)CC1. The quantitative estimate of drug-likeness (QED) is 0.817. The maximum Gasteiger partial charge on any atom is 0.416 e. The molecule has 1 aliphatic heterocycles. The van der Waals surface area contributed by atoms with Gasteiger partial charge in [-0.05, 0) is 37.1 Å². The lowest BCUT2D eigenvalue weighted by molar-refractivity contribution is -0.137. The van der Waals surface area contributed by atoms with Crippen molar-refractivity contribution in [1.82, 2.24) is 10.3 Å². The molecule has 2 aromatic rings. The number of nitrogens with one attached hydrogen (secondary N) is 1. The molecule has 0 unspecified atom stereocenters. The van der Waals surface area contributed by atoms with E-state index in [9.17, 15) is 13.2 Å². The first-order valence-corrected chi connectivity index (χ1v) is 8.64. The van der Waals surface area contributed by atoms with Crippen LogP contribution in [0.2, 0.25) is 0 Å². The summed E-state index contributed by atoms with van der Waals surface area (Å²) >= 11 is 0. The highest BCUT2D eigenvalue weighted by molar-refractivity contribution is 6.09. The van der Waals surface area contributed by atoms with Gasteiger partial charge in [-0.2, -0.15) is 13.2 Å². The third-order valence-corrected chi connectivity index (χ3v) is 4.87. The Bertz CT molecular complexity index is 975. The lowest BCUT2D eigenvalue weighted by Crippen LogP contribution is -2.40. The molecule has 0 radical (unpaired) electrons. The van der Waals surface area contributed by atoms with E-state index in [1.165, 1.54) is 7.11 Å². The summed E-state index contributed by atoms with van der Waals surface area (Å²) in [5.74, 6) is 3.23. The van der Waals surface area contributed by atoms with Crippen LogP contribution in [0.5, 0.6) is 5.75 Å². The molecular weight excluding hydrogens is 369 g/mol. The van der Waals surface area contributed by atoms with Crippen LogP contribution in [0.3, 0.4) is 0 Å². The maximum atomic E-state index is 13.5. The summed E-state index contributed by atoms with van der Waals surface area (Å²) in [5.41, 5.74) is 0.125. The van der Waals surface area contributed by atoms with E-state index in [0.29, 0.717) is 22.8 Å². The number of aliphatic imine (C=N–C) groups is 1. The number of pyridine rings is 1. The number of halogens is 3. The van der Waals surface area contributed by atoms with Crippen molar-refractivity contribution < 1.29 is 17.9 Å². The minimum atomic E-state index is -4.51. The lowest BCUT2D eigenvalue weighted by atomic mass is 10.0. The average molecular weight is 386 g/mol. The van der Waals surface area contributed by atoms with Crippen LogP contribution in [0.1, 0.15) is 24.0 Å². The van der Waals surface area contributed by atoms with Gasteiger partial charge in [-0.15, -0.1) is 6.42 Å². The van der Waals surface area contributed by atoms with Crippen molar-refractivity contribution in [1.29, 1.82) is 0 Å². The van der Waals surface area contributed by atoms with Crippen LogP contribution in [0.4, 0.5) is 24.5 Å². The zero-order valence-corrected chi connectivity index (χ0v) is 15.0. The van der Waals surface area contributed by atoms with Gasteiger partial charge in [0.25, 0.3) is 0 Å². The number of benzene rings is 1. The van der Waals surface area contributed by atoms with E-state index in [-0.39, 0.29) is 12.4 Å². The Labute approximate surface area is 160 Å². The monoisotopic (exact) mass is 386 g/mol. The van der Waals surface area contributed by atoms with Crippen molar-refractivity contribution in [2.45, 2.75) is 24.6 Å². The molecule has 0 saturated heterocycles. The first kappa shape index (κ1) is 18.2. The molecule has 1 fully saturated rings. The summed E-state index contributed by atoms with van der Waals surface area (Å²) < 4.78 is 45.8. The molecule has 1 saturated carbocycles. The van der Waals surface area contributed by atoms with Gasteiger partial charge in [-0.3, -0.25) is 4.98 Å². The topological polar surface area (TPSA) is 49.8 Å². The molecule has 2 heterocycles. The molecule has 0 amide bonds. The molecule has 0 spiro atoms. The van der Waals surface area contributed by atoms with Crippen LogP contribution in [0, 0.1) is 12.3 Å². The van der Waals surface area contributed by atoms with Crippen molar-refractivity contribution in [3.63, 3.8) is 0 Å². The third-order valence-electron chi connectivity index (χ3n) is 4.87. The fraction of sp³-hybridized carbons (Fsp3) is 0.300. The van der Waals surface area contributed by atoms with Crippen molar-refractivity contribution in [3.05, 3.63) is 47.8 Å². The second kappa shape index (κ2) is 6.44. The van der Waals surface area contributed by atoms with Gasteiger partial charge in [0.2, 0.25) is 0 Å². The number of anilines is 2. The van der Waals surface area contributed by atoms with Gasteiger partial charge in [0.15, 0.2) is 0 Å². The molecule has 1 aromatic heterocycles. The Balaban J connectivity index is 1.88. The van der Waals surface area contributed by atoms with Crippen LogP contribution in [0.25, 0.3) is 0 Å². The van der Waals surface area contributed by atoms with Gasteiger partial charge in [0.1, 0.15) is 18.3 Å². The molecule has 5 nitrogen and oxygen atoms in total. The fourth-order valence-electron chi connectivity index (χ4n) is 3.17. The minimum absolute atomic E-state index is 0.0810. The van der Waals surface area contributed by atoms with E-state index in [2.05, 4.69) is 21.2 Å². The van der Waals surface area contributed by atoms with E-state index >= 15 is 0 Å². The summed E-state index contributed by atoms with van der Waals surface area (Å²) in [6.07, 6.45) is 5.84. The molecule has 0 bridgehead atoms. The Hall–Kier alpha value is -3.21. The molecule has 1 aliphatic carbocycles. The number of aromatic nitrogens is 1. The van der Waals surface area contributed by atoms with Crippen molar-refractivity contribution in [2.24, 2.45) is 4.99 Å².